The molecular formula is C16H23Cl2N5O. The zero-order valence-corrected chi connectivity index (χ0v) is 15.0. The van der Waals surface area contributed by atoms with Crippen molar-refractivity contribution in [1.29, 1.82) is 0 Å². The van der Waals surface area contributed by atoms with E-state index in [1.807, 2.05) is 30.3 Å². The van der Waals surface area contributed by atoms with Gasteiger partial charge in [-0.1, -0.05) is 30.3 Å². The predicted octanol–water partition coefficient (Wildman–Crippen LogP) is 1.64. The van der Waals surface area contributed by atoms with E-state index in [1.54, 1.807) is 0 Å². The molecule has 8 heteroatoms. The third-order valence-electron chi connectivity index (χ3n) is 3.99. The third kappa shape index (κ3) is 4.93. The van der Waals surface area contributed by atoms with E-state index in [2.05, 4.69) is 20.1 Å². The summed E-state index contributed by atoms with van der Waals surface area (Å²) in [5.74, 6) is 1.68. The van der Waals surface area contributed by atoms with Gasteiger partial charge in [-0.15, -0.1) is 35.0 Å². The number of carbonyl (C=O) groups is 1. The molecule has 0 saturated heterocycles. The van der Waals surface area contributed by atoms with Gasteiger partial charge in [-0.25, -0.2) is 0 Å². The Morgan fingerprint density at radius 3 is 2.71 bits per heavy atom. The van der Waals surface area contributed by atoms with Crippen molar-refractivity contribution in [3.8, 4) is 0 Å². The first-order valence-corrected chi connectivity index (χ1v) is 7.72. The van der Waals surface area contributed by atoms with Crippen molar-refractivity contribution in [2.24, 2.45) is 5.73 Å². The molecule has 24 heavy (non-hydrogen) atoms. The van der Waals surface area contributed by atoms with E-state index in [4.69, 9.17) is 5.73 Å². The minimum absolute atomic E-state index is 0. The molecule has 0 spiro atoms. The Bertz CT molecular complexity index is 647. The highest BCUT2D eigenvalue weighted by Crippen LogP contribution is 2.14. The van der Waals surface area contributed by atoms with Gasteiger partial charge in [0.1, 0.15) is 5.82 Å². The summed E-state index contributed by atoms with van der Waals surface area (Å²) < 4.78 is 2.10. The maximum absolute atomic E-state index is 12.1. The fourth-order valence-electron chi connectivity index (χ4n) is 2.76. The van der Waals surface area contributed by atoms with Crippen LogP contribution in [-0.4, -0.2) is 26.7 Å². The van der Waals surface area contributed by atoms with Crippen molar-refractivity contribution < 1.29 is 4.79 Å². The molecule has 2 heterocycles. The van der Waals surface area contributed by atoms with E-state index in [-0.39, 0.29) is 30.7 Å². The summed E-state index contributed by atoms with van der Waals surface area (Å²) in [7, 11) is 0. The fourth-order valence-corrected chi connectivity index (χ4v) is 2.76. The van der Waals surface area contributed by atoms with Crippen molar-refractivity contribution in [2.75, 3.05) is 0 Å². The van der Waals surface area contributed by atoms with Gasteiger partial charge in [0.05, 0.1) is 12.6 Å². The van der Waals surface area contributed by atoms with Gasteiger partial charge >= 0.3 is 0 Å². The van der Waals surface area contributed by atoms with E-state index in [0.717, 1.165) is 43.0 Å². The highest BCUT2D eigenvalue weighted by molar-refractivity contribution is 5.85. The van der Waals surface area contributed by atoms with Gasteiger partial charge in [-0.2, -0.15) is 0 Å². The summed E-state index contributed by atoms with van der Waals surface area (Å²) >= 11 is 0. The molecule has 0 saturated carbocycles. The predicted molar refractivity (Wildman–Crippen MR) is 97.4 cm³/mol. The van der Waals surface area contributed by atoms with E-state index >= 15 is 0 Å². The van der Waals surface area contributed by atoms with Gasteiger partial charge in [0.15, 0.2) is 5.82 Å². The van der Waals surface area contributed by atoms with Gasteiger partial charge in [0.25, 0.3) is 0 Å². The molecule has 132 valence electrons. The molecule has 1 unspecified atom stereocenters. The first-order valence-electron chi connectivity index (χ1n) is 7.72. The largest absolute Gasteiger partial charge is 0.347 e. The summed E-state index contributed by atoms with van der Waals surface area (Å²) in [6.07, 6.45) is 3.80. The van der Waals surface area contributed by atoms with Gasteiger partial charge in [-0.05, 0) is 24.8 Å². The number of rotatable bonds is 5. The molecule has 1 aromatic carbocycles. The second kappa shape index (κ2) is 9.61. The molecule has 1 amide bonds. The highest BCUT2D eigenvalue weighted by atomic mass is 35.5. The molecule has 1 aliphatic heterocycles. The molecule has 6 nitrogen and oxygen atoms in total. The molecule has 1 aromatic heterocycles. The molecule has 0 aliphatic carbocycles. The van der Waals surface area contributed by atoms with Crippen LogP contribution in [0.3, 0.4) is 0 Å². The summed E-state index contributed by atoms with van der Waals surface area (Å²) in [6, 6.07) is 9.24. The lowest BCUT2D eigenvalue weighted by atomic mass is 10.1. The Balaban J connectivity index is 0.00000144. The van der Waals surface area contributed by atoms with Gasteiger partial charge < -0.3 is 15.6 Å². The number of halogens is 2. The van der Waals surface area contributed by atoms with Crippen LogP contribution in [0.25, 0.3) is 0 Å². The Hall–Kier alpha value is -1.63. The zero-order valence-electron chi connectivity index (χ0n) is 13.4. The van der Waals surface area contributed by atoms with Crippen molar-refractivity contribution in [3.63, 3.8) is 0 Å². The van der Waals surface area contributed by atoms with Crippen LogP contribution in [0.4, 0.5) is 0 Å². The lowest BCUT2D eigenvalue weighted by molar-refractivity contribution is -0.122. The second-order valence-corrected chi connectivity index (χ2v) is 5.66. The van der Waals surface area contributed by atoms with Crippen LogP contribution in [0, 0.1) is 0 Å². The molecular weight excluding hydrogens is 349 g/mol. The molecule has 0 fully saturated rings. The average molecular weight is 372 g/mol. The minimum Gasteiger partial charge on any atom is -0.347 e. The zero-order chi connectivity index (χ0) is 15.4. The molecule has 1 atom stereocenters. The van der Waals surface area contributed by atoms with Crippen LogP contribution in [0.5, 0.6) is 0 Å². The lowest BCUT2D eigenvalue weighted by Gasteiger charge is -2.16. The van der Waals surface area contributed by atoms with Crippen LogP contribution in [-0.2, 0) is 30.7 Å². The quantitative estimate of drug-likeness (QED) is 0.836. The van der Waals surface area contributed by atoms with Crippen LogP contribution >= 0.6 is 24.8 Å². The van der Waals surface area contributed by atoms with Crippen molar-refractivity contribution in [3.05, 3.63) is 47.5 Å². The Morgan fingerprint density at radius 2 is 1.96 bits per heavy atom. The van der Waals surface area contributed by atoms with Crippen LogP contribution in [0.1, 0.15) is 30.1 Å². The number of hydrogen-bond donors (Lipinski definition) is 2. The van der Waals surface area contributed by atoms with Crippen molar-refractivity contribution in [1.82, 2.24) is 20.1 Å². The number of aryl methyl sites for hydroxylation is 1. The summed E-state index contributed by atoms with van der Waals surface area (Å²) in [5.41, 5.74) is 7.03. The fraction of sp³-hybridized carbons (Fsp3) is 0.438. The molecule has 1 aliphatic rings. The first kappa shape index (κ1) is 20.4. The highest BCUT2D eigenvalue weighted by Gasteiger charge is 2.18. The standard InChI is InChI=1S/C16H21N5O.2ClH/c17-13(10-12-6-2-1-3-7-12)16(22)18-11-15-20-19-14-8-4-5-9-21(14)15;;/h1-3,6-7,13H,4-5,8-11,17H2,(H,18,22);2*1H. The van der Waals surface area contributed by atoms with Gasteiger partial charge in [-0.3, -0.25) is 4.79 Å². The number of amides is 1. The van der Waals surface area contributed by atoms with Crippen molar-refractivity contribution in [2.45, 2.75) is 44.8 Å². The third-order valence-corrected chi connectivity index (χ3v) is 3.99. The number of benzene rings is 1. The maximum atomic E-state index is 12.1. The topological polar surface area (TPSA) is 85.8 Å². The number of fused-ring (bicyclic) bond motifs is 1. The monoisotopic (exact) mass is 371 g/mol. The first-order chi connectivity index (χ1) is 10.7. The molecule has 0 bridgehead atoms. The number of nitrogens with zero attached hydrogens (tertiary/aromatic N) is 3. The smallest absolute Gasteiger partial charge is 0.237 e. The van der Waals surface area contributed by atoms with E-state index < -0.39 is 6.04 Å². The van der Waals surface area contributed by atoms with Crippen molar-refractivity contribution >= 4 is 30.7 Å². The molecule has 2 aromatic rings. The molecule has 3 rings (SSSR count). The normalized spacial score (nSPS) is 13.9. The van der Waals surface area contributed by atoms with Gasteiger partial charge in [0, 0.05) is 13.0 Å². The number of carbonyl (C=O) groups excluding carboxylic acids is 1. The van der Waals surface area contributed by atoms with Gasteiger partial charge in [0.2, 0.25) is 5.91 Å². The SMILES string of the molecule is Cl.Cl.NC(Cc1ccccc1)C(=O)NCc1nnc2n1CCCC2. The summed E-state index contributed by atoms with van der Waals surface area (Å²) in [6.45, 7) is 1.32. The maximum Gasteiger partial charge on any atom is 0.237 e. The van der Waals surface area contributed by atoms with E-state index in [0.29, 0.717) is 13.0 Å². The van der Waals surface area contributed by atoms with E-state index in [9.17, 15) is 4.79 Å². The second-order valence-electron chi connectivity index (χ2n) is 5.66. The minimum atomic E-state index is -0.550. The summed E-state index contributed by atoms with van der Waals surface area (Å²) in [5, 5.41) is 11.2. The van der Waals surface area contributed by atoms with Crippen LogP contribution in [0.2, 0.25) is 0 Å². The van der Waals surface area contributed by atoms with Crippen LogP contribution < -0.4 is 11.1 Å². The number of nitrogens with two attached hydrogens (primary N) is 1. The lowest BCUT2D eigenvalue weighted by Crippen LogP contribution is -2.42. The number of nitrogens with one attached hydrogen (secondary N) is 1. The number of hydrogen-bond acceptors (Lipinski definition) is 4. The molecule has 0 radical (unpaired) electrons. The Kier molecular flexibility index (Phi) is 8.18. The number of aromatic nitrogens is 3. The Labute approximate surface area is 154 Å². The summed E-state index contributed by atoms with van der Waals surface area (Å²) in [4.78, 5) is 12.1. The molecule has 3 N–H and O–H groups in total. The average Bonchev–Trinajstić information content (AvgIpc) is 2.97. The van der Waals surface area contributed by atoms with Crippen LogP contribution in [0.15, 0.2) is 30.3 Å². The van der Waals surface area contributed by atoms with E-state index in [1.165, 1.54) is 0 Å². The Morgan fingerprint density at radius 1 is 1.21 bits per heavy atom.